The van der Waals surface area contributed by atoms with E-state index in [2.05, 4.69) is 4.74 Å². The van der Waals surface area contributed by atoms with Crippen LogP contribution >= 0.6 is 0 Å². The van der Waals surface area contributed by atoms with Crippen LogP contribution in [0.25, 0.3) is 0 Å². The molecule has 0 bridgehead atoms. The Kier molecular flexibility index (Phi) is 4.95. The van der Waals surface area contributed by atoms with Crippen LogP contribution in [0.2, 0.25) is 0 Å². The molecular weight excluding hydrogens is 256 g/mol. The Morgan fingerprint density at radius 3 is 2.33 bits per heavy atom. The van der Waals surface area contributed by atoms with Crippen LogP contribution in [0.3, 0.4) is 0 Å². The first-order valence-corrected chi connectivity index (χ1v) is 5.75. The van der Waals surface area contributed by atoms with E-state index in [1.54, 1.807) is 0 Å². The predicted molar refractivity (Wildman–Crippen MR) is 54.7 cm³/mol. The number of hydrogen-bond donors (Lipinski definition) is 0. The van der Waals surface area contributed by atoms with Crippen LogP contribution in [0.4, 0.5) is 17.6 Å². The molecule has 0 N–H and O–H groups in total. The zero-order chi connectivity index (χ0) is 13.8. The summed E-state index contributed by atoms with van der Waals surface area (Å²) in [7, 11) is 0. The van der Waals surface area contributed by atoms with Gasteiger partial charge >= 0.3 is 17.8 Å². The normalized spacial score (nSPS) is 18.7. The van der Waals surface area contributed by atoms with Gasteiger partial charge in [-0.2, -0.15) is 17.6 Å². The van der Waals surface area contributed by atoms with Gasteiger partial charge in [-0.15, -0.1) is 0 Å². The van der Waals surface area contributed by atoms with Crippen molar-refractivity contribution in [2.45, 2.75) is 38.0 Å². The average Bonchev–Trinajstić information content (AvgIpc) is 2.28. The van der Waals surface area contributed by atoms with Crippen molar-refractivity contribution in [2.75, 3.05) is 19.8 Å². The Morgan fingerprint density at radius 2 is 1.83 bits per heavy atom. The van der Waals surface area contributed by atoms with E-state index in [4.69, 9.17) is 4.74 Å². The molecule has 3 nitrogen and oxygen atoms in total. The molecule has 0 aromatic rings. The first-order chi connectivity index (χ1) is 8.25. The molecule has 0 aliphatic carbocycles. The fourth-order valence-corrected chi connectivity index (χ4v) is 1.62. The van der Waals surface area contributed by atoms with Crippen molar-refractivity contribution in [2.24, 2.45) is 5.92 Å². The van der Waals surface area contributed by atoms with Crippen LogP contribution in [-0.4, -0.2) is 37.6 Å². The van der Waals surface area contributed by atoms with E-state index in [9.17, 15) is 22.4 Å². The summed E-state index contributed by atoms with van der Waals surface area (Å²) < 4.78 is 59.9. The Morgan fingerprint density at radius 1 is 1.28 bits per heavy atom. The fraction of sp³-hybridized carbons (Fsp3) is 0.909. The summed E-state index contributed by atoms with van der Waals surface area (Å²) in [6.07, 6.45) is 1.91. The second kappa shape index (κ2) is 5.86. The van der Waals surface area contributed by atoms with Crippen molar-refractivity contribution in [1.29, 1.82) is 0 Å². The molecule has 1 aliphatic rings. The van der Waals surface area contributed by atoms with Gasteiger partial charge in [0.25, 0.3) is 0 Å². The molecule has 1 rings (SSSR count). The number of rotatable bonds is 5. The second-order valence-corrected chi connectivity index (χ2v) is 4.44. The van der Waals surface area contributed by atoms with Gasteiger partial charge in [0, 0.05) is 20.1 Å². The topological polar surface area (TPSA) is 35.5 Å². The molecule has 0 atom stereocenters. The van der Waals surface area contributed by atoms with Gasteiger partial charge in [-0.25, -0.2) is 4.79 Å². The smallest absolute Gasteiger partial charge is 0.404 e. The fourth-order valence-electron chi connectivity index (χ4n) is 1.62. The van der Waals surface area contributed by atoms with E-state index in [-0.39, 0.29) is 19.4 Å². The number of hydrogen-bond acceptors (Lipinski definition) is 3. The van der Waals surface area contributed by atoms with Crippen LogP contribution in [0.15, 0.2) is 0 Å². The molecule has 1 saturated heterocycles. The highest BCUT2D eigenvalue weighted by Gasteiger charge is 2.60. The molecule has 0 saturated carbocycles. The molecule has 18 heavy (non-hydrogen) atoms. The lowest BCUT2D eigenvalue weighted by Crippen LogP contribution is -2.46. The molecule has 7 heteroatoms. The lowest BCUT2D eigenvalue weighted by atomic mass is 9.97. The number of esters is 1. The monoisotopic (exact) mass is 272 g/mol. The summed E-state index contributed by atoms with van der Waals surface area (Å²) in [6, 6.07) is 0. The molecule has 0 radical (unpaired) electrons. The molecule has 0 unspecified atom stereocenters. The maximum Gasteiger partial charge on any atom is 0.404 e. The van der Waals surface area contributed by atoms with E-state index < -0.39 is 17.8 Å². The van der Waals surface area contributed by atoms with Gasteiger partial charge in [0.2, 0.25) is 0 Å². The summed E-state index contributed by atoms with van der Waals surface area (Å²) in [6.45, 7) is 0.894. The third-order valence-electron chi connectivity index (χ3n) is 2.91. The number of ether oxygens (including phenoxy) is 2. The van der Waals surface area contributed by atoms with E-state index in [0.717, 1.165) is 12.8 Å². The molecule has 1 fully saturated rings. The van der Waals surface area contributed by atoms with Gasteiger partial charge in [-0.1, -0.05) is 0 Å². The van der Waals surface area contributed by atoms with Crippen molar-refractivity contribution >= 4 is 5.97 Å². The maximum atomic E-state index is 12.8. The molecule has 106 valence electrons. The third kappa shape index (κ3) is 3.83. The summed E-state index contributed by atoms with van der Waals surface area (Å²) in [4.78, 5) is 10.9. The Balaban J connectivity index is 2.32. The summed E-state index contributed by atoms with van der Waals surface area (Å²) >= 11 is 0. The van der Waals surface area contributed by atoms with E-state index in [1.807, 2.05) is 0 Å². The lowest BCUT2D eigenvalue weighted by Gasteiger charge is -2.23. The van der Waals surface area contributed by atoms with E-state index in [1.165, 1.54) is 0 Å². The highest BCUT2D eigenvalue weighted by molar-refractivity contribution is 5.78. The van der Waals surface area contributed by atoms with Gasteiger partial charge in [0.05, 0.1) is 6.61 Å². The zero-order valence-electron chi connectivity index (χ0n) is 10.1. The van der Waals surface area contributed by atoms with Crippen molar-refractivity contribution in [3.8, 4) is 0 Å². The van der Waals surface area contributed by atoms with Gasteiger partial charge < -0.3 is 9.47 Å². The van der Waals surface area contributed by atoms with Crippen molar-refractivity contribution in [1.82, 2.24) is 0 Å². The number of carbonyl (C=O) groups is 1. The Bertz CT molecular complexity index is 283. The van der Waals surface area contributed by atoms with Crippen molar-refractivity contribution < 1.29 is 31.8 Å². The zero-order valence-corrected chi connectivity index (χ0v) is 10.1. The van der Waals surface area contributed by atoms with Crippen LogP contribution in [0, 0.1) is 5.92 Å². The van der Waals surface area contributed by atoms with Crippen LogP contribution in [0.1, 0.15) is 26.2 Å². The highest BCUT2D eigenvalue weighted by Crippen LogP contribution is 2.34. The SMILES string of the molecule is CC(F)(F)C(F)(F)C(=O)OCCC1CCOCC1. The summed E-state index contributed by atoms with van der Waals surface area (Å²) in [5.74, 6) is -11.1. The number of carbonyl (C=O) groups excluding carboxylic acids is 1. The van der Waals surface area contributed by atoms with Gasteiger partial charge in [-0.05, 0) is 25.2 Å². The number of alkyl halides is 4. The first-order valence-electron chi connectivity index (χ1n) is 5.75. The minimum absolute atomic E-state index is 0.00721. The van der Waals surface area contributed by atoms with E-state index >= 15 is 0 Å². The molecule has 1 aliphatic heterocycles. The van der Waals surface area contributed by atoms with Crippen LogP contribution < -0.4 is 0 Å². The minimum Gasteiger partial charge on any atom is -0.461 e. The van der Waals surface area contributed by atoms with Gasteiger partial charge in [-0.3, -0.25) is 0 Å². The molecule has 0 aromatic heterocycles. The quantitative estimate of drug-likeness (QED) is 0.570. The lowest BCUT2D eigenvalue weighted by molar-refractivity contribution is -0.222. The predicted octanol–water partition coefficient (Wildman–Crippen LogP) is 2.64. The maximum absolute atomic E-state index is 12.8. The Labute approximate surface area is 102 Å². The van der Waals surface area contributed by atoms with Crippen LogP contribution in [-0.2, 0) is 14.3 Å². The minimum atomic E-state index is -4.78. The molecule has 1 heterocycles. The van der Waals surface area contributed by atoms with Crippen LogP contribution in [0.5, 0.6) is 0 Å². The van der Waals surface area contributed by atoms with Gasteiger partial charge in [0.15, 0.2) is 0 Å². The highest BCUT2D eigenvalue weighted by atomic mass is 19.3. The van der Waals surface area contributed by atoms with Gasteiger partial charge in [0.1, 0.15) is 0 Å². The standard InChI is InChI=1S/C11H16F4O3/c1-10(12,13)11(14,15)9(16)18-7-4-8-2-5-17-6-3-8/h8H,2-7H2,1H3. The molecule has 0 spiro atoms. The second-order valence-electron chi connectivity index (χ2n) is 4.44. The van der Waals surface area contributed by atoms with E-state index in [0.29, 0.717) is 19.6 Å². The largest absolute Gasteiger partial charge is 0.461 e. The summed E-state index contributed by atoms with van der Waals surface area (Å²) in [5.41, 5.74) is 0. The third-order valence-corrected chi connectivity index (χ3v) is 2.91. The average molecular weight is 272 g/mol. The molecular formula is C11H16F4O3. The first kappa shape index (κ1) is 15.2. The molecule has 0 aromatic carbocycles. The summed E-state index contributed by atoms with van der Waals surface area (Å²) in [5, 5.41) is 0. The number of halogens is 4. The Hall–Kier alpha value is -0.850. The van der Waals surface area contributed by atoms with Crippen molar-refractivity contribution in [3.05, 3.63) is 0 Å². The van der Waals surface area contributed by atoms with Crippen molar-refractivity contribution in [3.63, 3.8) is 0 Å². The molecule has 0 amide bonds.